The first kappa shape index (κ1) is 12.6. The largest absolute Gasteiger partial charge is 0.375 e. The lowest BCUT2D eigenvalue weighted by molar-refractivity contribution is 0.107. The maximum atomic E-state index is 11.2. The molecule has 1 aromatic heterocycles. The molecule has 4 nitrogen and oxygen atoms in total. The Kier molecular flexibility index (Phi) is 4.72. The van der Waals surface area contributed by atoms with Crippen LogP contribution in [0.15, 0.2) is 16.8 Å². The van der Waals surface area contributed by atoms with Crippen molar-refractivity contribution in [3.8, 4) is 0 Å². The summed E-state index contributed by atoms with van der Waals surface area (Å²) in [7, 11) is -1.57. The summed E-state index contributed by atoms with van der Waals surface area (Å²) in [6.45, 7) is 1.89. The molecule has 0 aliphatic heterocycles. The van der Waals surface area contributed by atoms with Gasteiger partial charge < -0.3 is 4.74 Å². The molecule has 1 atom stereocenters. The van der Waals surface area contributed by atoms with Crippen LogP contribution in [0.3, 0.4) is 0 Å². The molecule has 0 fully saturated rings. The Balaban J connectivity index is 2.56. The van der Waals surface area contributed by atoms with E-state index in [0.29, 0.717) is 0 Å². The van der Waals surface area contributed by atoms with E-state index in [1.807, 2.05) is 16.8 Å². The Morgan fingerprint density at radius 3 is 2.80 bits per heavy atom. The molecule has 15 heavy (non-hydrogen) atoms. The van der Waals surface area contributed by atoms with Crippen LogP contribution in [-0.4, -0.2) is 27.8 Å². The zero-order valence-electron chi connectivity index (χ0n) is 8.76. The number of sulfonamides is 1. The molecule has 0 radical (unpaired) electrons. The normalized spacial score (nSPS) is 14.0. The van der Waals surface area contributed by atoms with E-state index in [9.17, 15) is 8.42 Å². The molecule has 1 unspecified atom stereocenters. The lowest BCUT2D eigenvalue weighted by Gasteiger charge is -2.14. The van der Waals surface area contributed by atoms with Crippen molar-refractivity contribution in [2.24, 2.45) is 0 Å². The van der Waals surface area contributed by atoms with Crippen LogP contribution in [0.2, 0.25) is 0 Å². The van der Waals surface area contributed by atoms with E-state index in [1.165, 1.54) is 0 Å². The Hall–Kier alpha value is -0.430. The maximum Gasteiger partial charge on any atom is 0.211 e. The smallest absolute Gasteiger partial charge is 0.211 e. The van der Waals surface area contributed by atoms with E-state index in [1.54, 1.807) is 25.4 Å². The Labute approximate surface area is 94.3 Å². The van der Waals surface area contributed by atoms with Crippen molar-refractivity contribution in [3.63, 3.8) is 0 Å². The minimum absolute atomic E-state index is 0.0903. The van der Waals surface area contributed by atoms with E-state index >= 15 is 0 Å². The van der Waals surface area contributed by atoms with E-state index < -0.39 is 10.0 Å². The van der Waals surface area contributed by atoms with Gasteiger partial charge in [0.25, 0.3) is 0 Å². The van der Waals surface area contributed by atoms with Gasteiger partial charge in [0.15, 0.2) is 0 Å². The third-order valence-corrected chi connectivity index (χ3v) is 4.14. The van der Waals surface area contributed by atoms with Gasteiger partial charge in [-0.05, 0) is 29.3 Å². The van der Waals surface area contributed by atoms with Gasteiger partial charge >= 0.3 is 0 Å². The summed E-state index contributed by atoms with van der Waals surface area (Å²) in [6.07, 6.45) is -0.211. The Morgan fingerprint density at radius 2 is 2.33 bits per heavy atom. The molecule has 1 aromatic rings. The van der Waals surface area contributed by atoms with Crippen molar-refractivity contribution in [1.82, 2.24) is 4.72 Å². The standard InChI is InChI=1S/C9H15NO3S2/c1-3-15(11,12)10-6-9(13-2)8-4-5-14-7-8/h4-5,7,9-10H,3,6H2,1-2H3. The SMILES string of the molecule is CCS(=O)(=O)NCC(OC)c1ccsc1. The van der Waals surface area contributed by atoms with Crippen LogP contribution in [0.25, 0.3) is 0 Å². The number of hydrogen-bond donors (Lipinski definition) is 1. The Bertz CT molecular complexity index is 372. The average Bonchev–Trinajstić information content (AvgIpc) is 2.72. The van der Waals surface area contributed by atoms with E-state index in [0.717, 1.165) is 5.56 Å². The van der Waals surface area contributed by atoms with Gasteiger partial charge in [-0.2, -0.15) is 11.3 Å². The third kappa shape index (κ3) is 3.90. The molecule has 0 saturated heterocycles. The number of methoxy groups -OCH3 is 1. The van der Waals surface area contributed by atoms with Crippen molar-refractivity contribution in [2.75, 3.05) is 19.4 Å². The zero-order valence-corrected chi connectivity index (χ0v) is 10.4. The highest BCUT2D eigenvalue weighted by molar-refractivity contribution is 7.89. The van der Waals surface area contributed by atoms with Gasteiger partial charge in [0.2, 0.25) is 10.0 Å². The number of hydrogen-bond acceptors (Lipinski definition) is 4. The fraction of sp³-hybridized carbons (Fsp3) is 0.556. The number of nitrogens with one attached hydrogen (secondary N) is 1. The van der Waals surface area contributed by atoms with E-state index in [2.05, 4.69) is 4.72 Å². The van der Waals surface area contributed by atoms with Crippen LogP contribution < -0.4 is 4.72 Å². The molecule has 0 saturated carbocycles. The van der Waals surface area contributed by atoms with Gasteiger partial charge in [-0.15, -0.1) is 0 Å². The first-order valence-electron chi connectivity index (χ1n) is 4.61. The van der Waals surface area contributed by atoms with Crippen LogP contribution in [0.4, 0.5) is 0 Å². The van der Waals surface area contributed by atoms with Gasteiger partial charge in [0.1, 0.15) is 0 Å². The van der Waals surface area contributed by atoms with Crippen LogP contribution in [0.1, 0.15) is 18.6 Å². The molecule has 1 rings (SSSR count). The molecule has 0 aliphatic carbocycles. The summed E-state index contributed by atoms with van der Waals surface area (Å²) in [5.74, 6) is 0.0903. The topological polar surface area (TPSA) is 55.4 Å². The molecule has 1 heterocycles. The molecule has 0 aliphatic rings. The van der Waals surface area contributed by atoms with Crippen molar-refractivity contribution >= 4 is 21.4 Å². The van der Waals surface area contributed by atoms with Crippen molar-refractivity contribution in [2.45, 2.75) is 13.0 Å². The monoisotopic (exact) mass is 249 g/mol. The van der Waals surface area contributed by atoms with Crippen LogP contribution in [-0.2, 0) is 14.8 Å². The van der Waals surface area contributed by atoms with E-state index in [-0.39, 0.29) is 18.4 Å². The van der Waals surface area contributed by atoms with Gasteiger partial charge in [0, 0.05) is 13.7 Å². The predicted molar refractivity (Wildman–Crippen MR) is 61.5 cm³/mol. The van der Waals surface area contributed by atoms with Gasteiger partial charge in [0.05, 0.1) is 11.9 Å². The molecule has 6 heteroatoms. The second-order valence-corrected chi connectivity index (χ2v) is 5.91. The highest BCUT2D eigenvalue weighted by atomic mass is 32.2. The lowest BCUT2D eigenvalue weighted by atomic mass is 10.2. The quantitative estimate of drug-likeness (QED) is 0.828. The Morgan fingerprint density at radius 1 is 1.60 bits per heavy atom. The fourth-order valence-corrected chi connectivity index (χ4v) is 2.41. The molecule has 0 amide bonds. The zero-order chi connectivity index (χ0) is 11.3. The molecule has 0 aromatic carbocycles. The summed E-state index contributed by atoms with van der Waals surface area (Å²) in [5, 5.41) is 3.89. The minimum atomic E-state index is -3.14. The summed E-state index contributed by atoms with van der Waals surface area (Å²) < 4.78 is 30.2. The number of ether oxygens (including phenoxy) is 1. The number of rotatable bonds is 6. The van der Waals surface area contributed by atoms with Crippen molar-refractivity contribution < 1.29 is 13.2 Å². The van der Waals surface area contributed by atoms with Crippen LogP contribution in [0.5, 0.6) is 0 Å². The van der Waals surface area contributed by atoms with Gasteiger partial charge in [-0.3, -0.25) is 0 Å². The molecular weight excluding hydrogens is 234 g/mol. The van der Waals surface area contributed by atoms with E-state index in [4.69, 9.17) is 4.74 Å². The third-order valence-electron chi connectivity index (χ3n) is 2.07. The second kappa shape index (κ2) is 5.60. The molecule has 0 spiro atoms. The summed E-state index contributed by atoms with van der Waals surface area (Å²) >= 11 is 1.57. The highest BCUT2D eigenvalue weighted by Gasteiger charge is 2.14. The molecular formula is C9H15NO3S2. The first-order chi connectivity index (χ1) is 7.09. The van der Waals surface area contributed by atoms with Gasteiger partial charge in [-0.1, -0.05) is 0 Å². The van der Waals surface area contributed by atoms with Crippen LogP contribution in [0, 0.1) is 0 Å². The average molecular weight is 249 g/mol. The predicted octanol–water partition coefficient (Wildman–Crippen LogP) is 1.37. The highest BCUT2D eigenvalue weighted by Crippen LogP contribution is 2.18. The second-order valence-electron chi connectivity index (χ2n) is 3.03. The van der Waals surface area contributed by atoms with Crippen molar-refractivity contribution in [3.05, 3.63) is 22.4 Å². The maximum absolute atomic E-state index is 11.2. The fourth-order valence-electron chi connectivity index (χ4n) is 1.10. The first-order valence-corrected chi connectivity index (χ1v) is 7.20. The summed E-state index contributed by atoms with van der Waals surface area (Å²) in [4.78, 5) is 0. The minimum Gasteiger partial charge on any atom is -0.375 e. The summed E-state index contributed by atoms with van der Waals surface area (Å²) in [6, 6.07) is 1.93. The lowest BCUT2D eigenvalue weighted by Crippen LogP contribution is -2.30. The summed E-state index contributed by atoms with van der Waals surface area (Å²) in [5.41, 5.74) is 1.00. The van der Waals surface area contributed by atoms with Crippen molar-refractivity contribution in [1.29, 1.82) is 0 Å². The molecule has 0 bridgehead atoms. The molecule has 1 N–H and O–H groups in total. The molecule has 86 valence electrons. The van der Waals surface area contributed by atoms with Gasteiger partial charge in [-0.25, -0.2) is 13.1 Å². The van der Waals surface area contributed by atoms with Crippen LogP contribution >= 0.6 is 11.3 Å². The number of thiophene rings is 1.